The van der Waals surface area contributed by atoms with E-state index in [0.717, 1.165) is 5.56 Å². The maximum absolute atomic E-state index is 12.3. The number of carboxylic acid groups (broad SMARTS) is 1. The summed E-state index contributed by atoms with van der Waals surface area (Å²) in [5, 5.41) is 11.5. The fraction of sp³-hybridized carbons (Fsp3) is 0.353. The van der Waals surface area contributed by atoms with E-state index in [2.05, 4.69) is 4.98 Å². The van der Waals surface area contributed by atoms with E-state index in [1.807, 2.05) is 0 Å². The van der Waals surface area contributed by atoms with Crippen molar-refractivity contribution in [1.82, 2.24) is 9.88 Å². The molecule has 2 heterocycles. The third kappa shape index (κ3) is 4.75. The molecule has 2 atom stereocenters. The minimum absolute atomic E-state index is 0.0389. The van der Waals surface area contributed by atoms with Crippen LogP contribution < -0.4 is 5.73 Å². The predicted octanol–water partition coefficient (Wildman–Crippen LogP) is 3.93. The maximum atomic E-state index is 12.3. The summed E-state index contributed by atoms with van der Waals surface area (Å²) in [6.45, 7) is 0.509. The van der Waals surface area contributed by atoms with Crippen molar-refractivity contribution in [1.29, 1.82) is 0 Å². The SMILES string of the molecule is NC(c1ccc(Cl)cc1Cl)[C@H]1CCC(=O)N1CCSc1nc(C(=O)O)cs1. The number of aromatic nitrogens is 1. The second-order valence-electron chi connectivity index (χ2n) is 6.04. The van der Waals surface area contributed by atoms with Gasteiger partial charge in [0.15, 0.2) is 10.0 Å². The molecule has 10 heteroatoms. The molecule has 3 rings (SSSR count). The summed E-state index contributed by atoms with van der Waals surface area (Å²) in [5.74, 6) is -0.374. The summed E-state index contributed by atoms with van der Waals surface area (Å²) in [6.07, 6.45) is 1.12. The highest BCUT2D eigenvalue weighted by Crippen LogP contribution is 2.33. The van der Waals surface area contributed by atoms with E-state index in [1.54, 1.807) is 23.1 Å². The first kappa shape index (κ1) is 20.4. The standard InChI is InChI=1S/C17H17Cl2N3O3S2/c18-9-1-2-10(11(19)7-9)15(20)13-3-4-14(23)22(13)5-6-26-17-21-12(8-27-17)16(24)25/h1-2,7-8,13,15H,3-6,20H2,(H,24,25)/t13-,15?/m1/s1. The molecule has 1 fully saturated rings. The number of hydrogen-bond donors (Lipinski definition) is 2. The first-order chi connectivity index (χ1) is 12.9. The molecule has 0 bridgehead atoms. The van der Waals surface area contributed by atoms with Crippen molar-refractivity contribution in [3.05, 3.63) is 44.9 Å². The third-order valence-electron chi connectivity index (χ3n) is 4.37. The number of thiazole rings is 1. The Bertz CT molecular complexity index is 862. The van der Waals surface area contributed by atoms with Gasteiger partial charge in [0.1, 0.15) is 0 Å². The zero-order valence-electron chi connectivity index (χ0n) is 14.1. The number of nitrogens with zero attached hydrogens (tertiary/aromatic N) is 2. The quantitative estimate of drug-likeness (QED) is 0.626. The number of benzene rings is 1. The molecule has 6 nitrogen and oxygen atoms in total. The molecule has 0 aliphatic carbocycles. The molecule has 0 radical (unpaired) electrons. The first-order valence-electron chi connectivity index (χ1n) is 8.18. The van der Waals surface area contributed by atoms with Crippen molar-refractivity contribution in [2.45, 2.75) is 29.3 Å². The Hall–Kier alpha value is -1.32. The Morgan fingerprint density at radius 1 is 1.48 bits per heavy atom. The van der Waals surface area contributed by atoms with Gasteiger partial charge in [0, 0.05) is 34.1 Å². The number of carbonyl (C=O) groups is 2. The lowest BCUT2D eigenvalue weighted by Crippen LogP contribution is -2.41. The number of amides is 1. The number of halogens is 2. The molecule has 1 unspecified atom stereocenters. The predicted molar refractivity (Wildman–Crippen MR) is 108 cm³/mol. The smallest absolute Gasteiger partial charge is 0.355 e. The van der Waals surface area contributed by atoms with Gasteiger partial charge in [-0.25, -0.2) is 9.78 Å². The Morgan fingerprint density at radius 3 is 2.93 bits per heavy atom. The molecule has 144 valence electrons. The number of likely N-dealkylation sites (tertiary alicyclic amines) is 1. The third-order valence-corrected chi connectivity index (χ3v) is 6.93. The van der Waals surface area contributed by atoms with Crippen molar-refractivity contribution < 1.29 is 14.7 Å². The Labute approximate surface area is 174 Å². The summed E-state index contributed by atoms with van der Waals surface area (Å²) >= 11 is 14.9. The number of nitrogens with two attached hydrogens (primary N) is 1. The average molecular weight is 446 g/mol. The molecule has 1 amide bonds. The Kier molecular flexibility index (Phi) is 6.65. The van der Waals surface area contributed by atoms with Gasteiger partial charge in [0.2, 0.25) is 5.91 Å². The lowest BCUT2D eigenvalue weighted by molar-refractivity contribution is -0.128. The van der Waals surface area contributed by atoms with Gasteiger partial charge >= 0.3 is 5.97 Å². The van der Waals surface area contributed by atoms with Crippen LogP contribution >= 0.6 is 46.3 Å². The average Bonchev–Trinajstić information content (AvgIpc) is 3.22. The summed E-state index contributed by atoms with van der Waals surface area (Å²) in [4.78, 5) is 29.0. The van der Waals surface area contributed by atoms with Crippen LogP contribution in [0.4, 0.5) is 0 Å². The minimum atomic E-state index is -1.04. The number of rotatable bonds is 7. The van der Waals surface area contributed by atoms with Crippen molar-refractivity contribution in [3.8, 4) is 0 Å². The summed E-state index contributed by atoms with van der Waals surface area (Å²) in [6, 6.07) is 4.65. The topological polar surface area (TPSA) is 96.5 Å². The van der Waals surface area contributed by atoms with Gasteiger partial charge in [0.05, 0.1) is 12.1 Å². The lowest BCUT2D eigenvalue weighted by atomic mass is 9.98. The summed E-state index contributed by atoms with van der Waals surface area (Å²) < 4.78 is 0.667. The highest BCUT2D eigenvalue weighted by atomic mass is 35.5. The van der Waals surface area contributed by atoms with Gasteiger partial charge in [-0.05, 0) is 24.1 Å². The number of aromatic carboxylic acids is 1. The lowest BCUT2D eigenvalue weighted by Gasteiger charge is -2.30. The highest BCUT2D eigenvalue weighted by Gasteiger charge is 2.36. The first-order valence-corrected chi connectivity index (χ1v) is 10.8. The highest BCUT2D eigenvalue weighted by molar-refractivity contribution is 8.01. The van der Waals surface area contributed by atoms with E-state index in [4.69, 9.17) is 34.0 Å². The molecule has 27 heavy (non-hydrogen) atoms. The Morgan fingerprint density at radius 2 is 2.26 bits per heavy atom. The van der Waals surface area contributed by atoms with Crippen LogP contribution in [0.25, 0.3) is 0 Å². The van der Waals surface area contributed by atoms with E-state index in [1.165, 1.54) is 28.5 Å². The molecular weight excluding hydrogens is 429 g/mol. The zero-order chi connectivity index (χ0) is 19.6. The van der Waals surface area contributed by atoms with Gasteiger partial charge in [-0.15, -0.1) is 11.3 Å². The van der Waals surface area contributed by atoms with Crippen LogP contribution in [0, 0.1) is 0 Å². The van der Waals surface area contributed by atoms with E-state index in [-0.39, 0.29) is 17.6 Å². The zero-order valence-corrected chi connectivity index (χ0v) is 17.2. The van der Waals surface area contributed by atoms with Gasteiger partial charge in [-0.1, -0.05) is 41.0 Å². The van der Waals surface area contributed by atoms with Crippen LogP contribution in [0.3, 0.4) is 0 Å². The Balaban J connectivity index is 1.64. The van der Waals surface area contributed by atoms with Crippen molar-refractivity contribution >= 4 is 58.2 Å². The normalized spacial score (nSPS) is 18.1. The molecule has 2 aromatic rings. The molecular formula is C17H17Cl2N3O3S2. The largest absolute Gasteiger partial charge is 0.476 e. The van der Waals surface area contributed by atoms with Gasteiger partial charge in [-0.3, -0.25) is 4.79 Å². The monoisotopic (exact) mass is 445 g/mol. The van der Waals surface area contributed by atoms with E-state index in [0.29, 0.717) is 39.5 Å². The van der Waals surface area contributed by atoms with Gasteiger partial charge < -0.3 is 15.7 Å². The molecule has 0 saturated carbocycles. The summed E-state index contributed by atoms with van der Waals surface area (Å²) in [5.41, 5.74) is 7.23. The van der Waals surface area contributed by atoms with Crippen LogP contribution in [0.1, 0.15) is 34.9 Å². The molecule has 3 N–H and O–H groups in total. The minimum Gasteiger partial charge on any atom is -0.476 e. The molecule has 1 aromatic heterocycles. The van der Waals surface area contributed by atoms with E-state index in [9.17, 15) is 9.59 Å². The second kappa shape index (κ2) is 8.79. The molecule has 1 aliphatic heterocycles. The van der Waals surface area contributed by atoms with Crippen LogP contribution in [-0.2, 0) is 4.79 Å². The van der Waals surface area contributed by atoms with E-state index < -0.39 is 12.0 Å². The number of carboxylic acids is 1. The van der Waals surface area contributed by atoms with Gasteiger partial charge in [0.25, 0.3) is 0 Å². The summed E-state index contributed by atoms with van der Waals surface area (Å²) in [7, 11) is 0. The van der Waals surface area contributed by atoms with Crippen molar-refractivity contribution in [3.63, 3.8) is 0 Å². The van der Waals surface area contributed by atoms with Crippen LogP contribution in [0.2, 0.25) is 10.0 Å². The van der Waals surface area contributed by atoms with Crippen LogP contribution in [0.15, 0.2) is 27.9 Å². The molecule has 1 saturated heterocycles. The van der Waals surface area contributed by atoms with Crippen LogP contribution in [-0.4, -0.2) is 45.2 Å². The molecule has 1 aromatic carbocycles. The van der Waals surface area contributed by atoms with Crippen molar-refractivity contribution in [2.75, 3.05) is 12.3 Å². The fourth-order valence-corrected chi connectivity index (χ4v) is 5.40. The second-order valence-corrected chi connectivity index (χ2v) is 9.08. The van der Waals surface area contributed by atoms with Gasteiger partial charge in [-0.2, -0.15) is 0 Å². The molecule has 1 aliphatic rings. The number of carbonyl (C=O) groups excluding carboxylic acids is 1. The van der Waals surface area contributed by atoms with Crippen LogP contribution in [0.5, 0.6) is 0 Å². The number of thioether (sulfide) groups is 1. The van der Waals surface area contributed by atoms with Crippen molar-refractivity contribution in [2.24, 2.45) is 5.73 Å². The maximum Gasteiger partial charge on any atom is 0.355 e. The number of hydrogen-bond acceptors (Lipinski definition) is 6. The van der Waals surface area contributed by atoms with E-state index >= 15 is 0 Å². The molecule has 0 spiro atoms. The fourth-order valence-electron chi connectivity index (χ4n) is 3.05.